The van der Waals surface area contributed by atoms with Crippen molar-refractivity contribution in [2.24, 2.45) is 5.73 Å². The van der Waals surface area contributed by atoms with Crippen molar-refractivity contribution in [3.8, 4) is 0 Å². The number of hydrogen-bond acceptors (Lipinski definition) is 5. The number of carbonyl (C=O) groups is 3. The fourth-order valence-corrected chi connectivity index (χ4v) is 2.25. The smallest absolute Gasteiger partial charge is 0.243 e. The fourth-order valence-electron chi connectivity index (χ4n) is 1.89. The van der Waals surface area contributed by atoms with Gasteiger partial charge in [0, 0.05) is 16.2 Å². The number of nitrogens with one attached hydrogen (secondary N) is 2. The first-order valence-corrected chi connectivity index (χ1v) is 7.82. The van der Waals surface area contributed by atoms with Crippen molar-refractivity contribution in [1.29, 1.82) is 0 Å². The second-order valence-corrected chi connectivity index (χ2v) is 5.68. The third-order valence-corrected chi connectivity index (χ3v) is 3.52. The van der Waals surface area contributed by atoms with Crippen LogP contribution < -0.4 is 16.4 Å². The predicted molar refractivity (Wildman–Crippen MR) is 92.5 cm³/mol. The maximum atomic E-state index is 12.6. The molecule has 0 spiro atoms. The highest BCUT2D eigenvalue weighted by Gasteiger charge is 2.17. The molecule has 1 aromatic carbocycles. The molecule has 0 saturated heterocycles. The lowest BCUT2D eigenvalue weighted by atomic mass is 10.1. The van der Waals surface area contributed by atoms with Crippen LogP contribution in [0.25, 0.3) is 0 Å². The van der Waals surface area contributed by atoms with Gasteiger partial charge in [-0.25, -0.2) is 0 Å². The van der Waals surface area contributed by atoms with Crippen molar-refractivity contribution >= 4 is 39.2 Å². The number of hydrogen-bond donors (Lipinski definition) is 3. The number of aromatic nitrogens is 1. The van der Waals surface area contributed by atoms with Gasteiger partial charge in [-0.2, -0.15) is 0 Å². The van der Waals surface area contributed by atoms with Crippen molar-refractivity contribution in [2.45, 2.75) is 0 Å². The Morgan fingerprint density at radius 3 is 2.58 bits per heavy atom. The van der Waals surface area contributed by atoms with Gasteiger partial charge in [0.05, 0.1) is 18.8 Å². The number of pyridine rings is 1. The molecule has 0 fully saturated rings. The molecule has 0 saturated carbocycles. The van der Waals surface area contributed by atoms with Gasteiger partial charge in [0.15, 0.2) is 0 Å². The third kappa shape index (κ3) is 4.71. The van der Waals surface area contributed by atoms with Gasteiger partial charge in [-0.3, -0.25) is 19.4 Å². The van der Waals surface area contributed by atoms with E-state index in [1.54, 1.807) is 36.4 Å². The lowest BCUT2D eigenvalue weighted by Gasteiger charge is -2.11. The second-order valence-electron chi connectivity index (χ2n) is 4.76. The third-order valence-electron chi connectivity index (χ3n) is 3.03. The molecule has 2 rings (SSSR count). The summed E-state index contributed by atoms with van der Waals surface area (Å²) in [5.41, 5.74) is 6.05. The summed E-state index contributed by atoms with van der Waals surface area (Å²) >= 11 is 3.31. The van der Waals surface area contributed by atoms with E-state index in [4.69, 9.17) is 5.73 Å². The van der Waals surface area contributed by atoms with Crippen LogP contribution in [0.1, 0.15) is 16.1 Å². The predicted octanol–water partition coefficient (Wildman–Crippen LogP) is 1.09. The van der Waals surface area contributed by atoms with E-state index in [2.05, 4.69) is 31.5 Å². The van der Waals surface area contributed by atoms with Gasteiger partial charge < -0.3 is 16.4 Å². The van der Waals surface area contributed by atoms with Gasteiger partial charge in [-0.05, 0) is 30.3 Å². The van der Waals surface area contributed by atoms with Gasteiger partial charge in [-0.15, -0.1) is 0 Å². The summed E-state index contributed by atoms with van der Waals surface area (Å²) in [4.78, 5) is 39.6. The summed E-state index contributed by atoms with van der Waals surface area (Å²) in [7, 11) is 0. The van der Waals surface area contributed by atoms with Crippen LogP contribution >= 0.6 is 15.9 Å². The topological polar surface area (TPSA) is 114 Å². The first kappa shape index (κ1) is 17.8. The number of amides is 2. The largest absolute Gasteiger partial charge is 0.346 e. The molecular formula is C16H15BrN4O3. The monoisotopic (exact) mass is 390 g/mol. The summed E-state index contributed by atoms with van der Waals surface area (Å²) in [6.07, 6.45) is 1.52. The number of benzene rings is 1. The van der Waals surface area contributed by atoms with Crippen LogP contribution in [-0.4, -0.2) is 35.7 Å². The Hall–Kier alpha value is -2.58. The Balaban J connectivity index is 2.20. The molecule has 124 valence electrons. The van der Waals surface area contributed by atoms with E-state index in [9.17, 15) is 14.4 Å². The number of nitrogens with zero attached hydrogens (tertiary/aromatic N) is 1. The highest BCUT2D eigenvalue weighted by molar-refractivity contribution is 9.10. The molecule has 2 amide bonds. The summed E-state index contributed by atoms with van der Waals surface area (Å²) in [5, 5.41) is 4.97. The molecule has 0 radical (unpaired) electrons. The Morgan fingerprint density at radius 1 is 1.12 bits per heavy atom. The number of rotatable bonds is 6. The van der Waals surface area contributed by atoms with Crippen LogP contribution in [0.15, 0.2) is 47.1 Å². The molecule has 7 nitrogen and oxygen atoms in total. The van der Waals surface area contributed by atoms with Crippen molar-refractivity contribution in [1.82, 2.24) is 10.3 Å². The van der Waals surface area contributed by atoms with Crippen molar-refractivity contribution in [3.05, 3.63) is 58.3 Å². The summed E-state index contributed by atoms with van der Waals surface area (Å²) in [6.45, 7) is -0.432. The second kappa shape index (κ2) is 8.32. The first-order chi connectivity index (χ1) is 11.5. The highest BCUT2D eigenvalue weighted by atomic mass is 79.9. The standard InChI is InChI=1S/C16H15BrN4O3/c17-10-4-5-12(21-15(23)9-20-14(22)8-18)11(7-10)16(24)13-3-1-2-6-19-13/h1-7H,8-9,18H2,(H,20,22)(H,21,23). The number of carbonyl (C=O) groups excluding carboxylic acids is 3. The molecule has 0 aliphatic rings. The average Bonchev–Trinajstić information content (AvgIpc) is 2.61. The maximum Gasteiger partial charge on any atom is 0.243 e. The molecule has 0 aliphatic heterocycles. The van der Waals surface area contributed by atoms with Crippen molar-refractivity contribution < 1.29 is 14.4 Å². The van der Waals surface area contributed by atoms with Crippen LogP contribution in [0.4, 0.5) is 5.69 Å². The Kier molecular flexibility index (Phi) is 6.16. The minimum atomic E-state index is -0.464. The lowest BCUT2D eigenvalue weighted by Crippen LogP contribution is -2.36. The molecule has 0 atom stereocenters. The van der Waals surface area contributed by atoms with E-state index in [0.29, 0.717) is 15.7 Å². The zero-order valence-corrected chi connectivity index (χ0v) is 14.2. The van der Waals surface area contributed by atoms with E-state index in [-0.39, 0.29) is 24.6 Å². The Labute approximate surface area is 146 Å². The van der Waals surface area contributed by atoms with Crippen molar-refractivity contribution in [3.63, 3.8) is 0 Å². The summed E-state index contributed by atoms with van der Waals surface area (Å²) in [5.74, 6) is -1.22. The van der Waals surface area contributed by atoms with Gasteiger partial charge in [0.25, 0.3) is 0 Å². The first-order valence-electron chi connectivity index (χ1n) is 7.03. The molecule has 0 unspecified atom stereocenters. The van der Waals surface area contributed by atoms with E-state index in [1.807, 2.05) is 0 Å². The molecule has 0 bridgehead atoms. The van der Waals surface area contributed by atoms with E-state index in [0.717, 1.165) is 0 Å². The minimum absolute atomic E-state index is 0.199. The number of halogens is 1. The fraction of sp³-hybridized carbons (Fsp3) is 0.125. The molecule has 4 N–H and O–H groups in total. The Bertz CT molecular complexity index is 765. The van der Waals surface area contributed by atoms with Crippen molar-refractivity contribution in [2.75, 3.05) is 18.4 Å². The highest BCUT2D eigenvalue weighted by Crippen LogP contribution is 2.23. The lowest BCUT2D eigenvalue weighted by molar-refractivity contribution is -0.123. The number of nitrogens with two attached hydrogens (primary N) is 1. The Morgan fingerprint density at radius 2 is 1.92 bits per heavy atom. The van der Waals surface area contributed by atoms with E-state index >= 15 is 0 Å². The van der Waals surface area contributed by atoms with Gasteiger partial charge >= 0.3 is 0 Å². The average molecular weight is 391 g/mol. The van der Waals surface area contributed by atoms with Crippen LogP contribution in [0.2, 0.25) is 0 Å². The molecule has 2 aromatic rings. The summed E-state index contributed by atoms with van der Waals surface area (Å²) in [6, 6.07) is 9.91. The normalized spacial score (nSPS) is 10.1. The molecule has 8 heteroatoms. The van der Waals surface area contributed by atoms with Gasteiger partial charge in [0.2, 0.25) is 17.6 Å². The van der Waals surface area contributed by atoms with Gasteiger partial charge in [0.1, 0.15) is 5.69 Å². The molecule has 1 aromatic heterocycles. The van der Waals surface area contributed by atoms with Crippen LogP contribution in [0, 0.1) is 0 Å². The van der Waals surface area contributed by atoms with Crippen LogP contribution in [0.5, 0.6) is 0 Å². The number of anilines is 1. The minimum Gasteiger partial charge on any atom is -0.346 e. The van der Waals surface area contributed by atoms with E-state index < -0.39 is 11.8 Å². The SMILES string of the molecule is NCC(=O)NCC(=O)Nc1ccc(Br)cc1C(=O)c1ccccn1. The molecule has 0 aliphatic carbocycles. The quantitative estimate of drug-likeness (QED) is 0.638. The molecular weight excluding hydrogens is 376 g/mol. The van der Waals surface area contributed by atoms with Crippen LogP contribution in [0.3, 0.4) is 0 Å². The molecule has 1 heterocycles. The van der Waals surface area contributed by atoms with Crippen LogP contribution in [-0.2, 0) is 9.59 Å². The number of ketones is 1. The zero-order valence-electron chi connectivity index (χ0n) is 12.6. The van der Waals surface area contributed by atoms with E-state index in [1.165, 1.54) is 6.20 Å². The maximum absolute atomic E-state index is 12.6. The molecule has 24 heavy (non-hydrogen) atoms. The zero-order chi connectivity index (χ0) is 17.5. The van der Waals surface area contributed by atoms with Gasteiger partial charge in [-0.1, -0.05) is 22.0 Å². The summed E-state index contributed by atoms with van der Waals surface area (Å²) < 4.78 is 0.691.